The topological polar surface area (TPSA) is 78.1 Å². The van der Waals surface area contributed by atoms with Crippen molar-refractivity contribution in [2.45, 2.75) is 31.1 Å². The maximum absolute atomic E-state index is 12.3. The van der Waals surface area contributed by atoms with Gasteiger partial charge >= 0.3 is 0 Å². The number of aromatic nitrogens is 2. The van der Waals surface area contributed by atoms with Gasteiger partial charge in [-0.05, 0) is 38.1 Å². The Morgan fingerprint density at radius 3 is 2.88 bits per heavy atom. The predicted molar refractivity (Wildman–Crippen MR) is 102 cm³/mol. The molecule has 0 spiro atoms. The molecule has 0 bridgehead atoms. The van der Waals surface area contributed by atoms with Gasteiger partial charge in [-0.2, -0.15) is 11.8 Å². The first-order valence-corrected chi connectivity index (χ1v) is 9.82. The van der Waals surface area contributed by atoms with E-state index in [9.17, 15) is 9.59 Å². The number of H-pyrrole nitrogens is 1. The number of carbonyl (C=O) groups is 1. The Morgan fingerprint density at radius 1 is 1.32 bits per heavy atom. The van der Waals surface area contributed by atoms with Crippen LogP contribution < -0.4 is 10.9 Å². The van der Waals surface area contributed by atoms with E-state index in [0.29, 0.717) is 34.9 Å². The fourth-order valence-corrected chi connectivity index (χ4v) is 3.90. The zero-order valence-corrected chi connectivity index (χ0v) is 15.3. The summed E-state index contributed by atoms with van der Waals surface area (Å²) >= 11 is 1.62. The van der Waals surface area contributed by atoms with Crippen LogP contribution in [0.4, 0.5) is 0 Å². The van der Waals surface area contributed by atoms with Crippen LogP contribution in [-0.4, -0.2) is 52.7 Å². The van der Waals surface area contributed by atoms with Crippen molar-refractivity contribution in [2.75, 3.05) is 25.9 Å². The lowest BCUT2D eigenvalue weighted by molar-refractivity contribution is -0.131. The molecule has 0 atom stereocenters. The molecular formula is C18H24N4O2S. The Labute approximate surface area is 151 Å². The lowest BCUT2D eigenvalue weighted by Crippen LogP contribution is -2.44. The molecule has 1 amide bonds. The van der Waals surface area contributed by atoms with Crippen LogP contribution >= 0.6 is 11.8 Å². The quantitative estimate of drug-likeness (QED) is 0.768. The number of thioether (sulfide) groups is 1. The number of para-hydroxylation sites is 1. The van der Waals surface area contributed by atoms with Crippen LogP contribution in [0.2, 0.25) is 0 Å². The molecule has 134 valence electrons. The highest BCUT2D eigenvalue weighted by molar-refractivity contribution is 7.98. The summed E-state index contributed by atoms with van der Waals surface area (Å²) in [6.45, 7) is 1.97. The van der Waals surface area contributed by atoms with Crippen molar-refractivity contribution in [3.8, 4) is 0 Å². The molecule has 0 saturated carbocycles. The van der Waals surface area contributed by atoms with Gasteiger partial charge in [0.05, 0.1) is 16.7 Å². The summed E-state index contributed by atoms with van der Waals surface area (Å²) in [6.07, 6.45) is 2.57. The highest BCUT2D eigenvalue weighted by Gasteiger charge is 2.21. The number of carbonyl (C=O) groups excluding carboxylic acids is 1. The summed E-state index contributed by atoms with van der Waals surface area (Å²) in [7, 11) is 1.91. The number of aromatic amines is 1. The number of fused-ring (bicyclic) bond motifs is 1. The van der Waals surface area contributed by atoms with Crippen LogP contribution in [0.1, 0.15) is 25.1 Å². The standard InChI is InChI=1S/C18H24N4O2S/c1-22(13-6-9-19-10-7-13)17(23)8-11-25-12-16-20-15-5-3-2-4-14(15)18(24)21-16/h2-5,13,19H,6-12H2,1H3,(H,20,21,24). The van der Waals surface area contributed by atoms with Crippen LogP contribution in [0.5, 0.6) is 0 Å². The zero-order chi connectivity index (χ0) is 17.6. The predicted octanol–water partition coefficient (Wildman–Crippen LogP) is 1.76. The molecule has 7 heteroatoms. The number of rotatable bonds is 6. The molecule has 2 aromatic rings. The Balaban J connectivity index is 1.48. The van der Waals surface area contributed by atoms with Crippen LogP contribution in [0, 0.1) is 0 Å². The first kappa shape index (κ1) is 17.9. The van der Waals surface area contributed by atoms with Crippen molar-refractivity contribution in [3.05, 3.63) is 40.4 Å². The molecule has 1 saturated heterocycles. The van der Waals surface area contributed by atoms with Crippen molar-refractivity contribution in [1.29, 1.82) is 0 Å². The number of hydrogen-bond donors (Lipinski definition) is 2. The summed E-state index contributed by atoms with van der Waals surface area (Å²) in [4.78, 5) is 33.5. The van der Waals surface area contributed by atoms with Gasteiger partial charge in [-0.25, -0.2) is 4.98 Å². The Hall–Kier alpha value is -1.86. The fourth-order valence-electron chi connectivity index (χ4n) is 3.11. The molecule has 1 fully saturated rings. The number of nitrogens with one attached hydrogen (secondary N) is 2. The van der Waals surface area contributed by atoms with Crippen molar-refractivity contribution >= 4 is 28.6 Å². The summed E-state index contributed by atoms with van der Waals surface area (Å²) in [5, 5.41) is 3.92. The maximum atomic E-state index is 12.3. The summed E-state index contributed by atoms with van der Waals surface area (Å²) < 4.78 is 0. The zero-order valence-electron chi connectivity index (χ0n) is 14.5. The molecule has 1 aromatic carbocycles. The van der Waals surface area contributed by atoms with Gasteiger partial charge in [0.1, 0.15) is 5.82 Å². The van der Waals surface area contributed by atoms with E-state index in [1.807, 2.05) is 30.1 Å². The van der Waals surface area contributed by atoms with Crippen molar-refractivity contribution < 1.29 is 4.79 Å². The molecule has 0 radical (unpaired) electrons. The van der Waals surface area contributed by atoms with Crippen molar-refractivity contribution in [1.82, 2.24) is 20.2 Å². The van der Waals surface area contributed by atoms with Gasteiger partial charge in [0.2, 0.25) is 5.91 Å². The normalized spacial score (nSPS) is 15.4. The average molecular weight is 360 g/mol. The van der Waals surface area contributed by atoms with E-state index in [1.54, 1.807) is 17.8 Å². The summed E-state index contributed by atoms with van der Waals surface area (Å²) in [5.74, 6) is 2.18. The van der Waals surface area contributed by atoms with Gasteiger partial charge in [-0.1, -0.05) is 12.1 Å². The molecule has 2 N–H and O–H groups in total. The molecule has 25 heavy (non-hydrogen) atoms. The summed E-state index contributed by atoms with van der Waals surface area (Å²) in [5.41, 5.74) is 0.603. The lowest BCUT2D eigenvalue weighted by atomic mass is 10.1. The van der Waals surface area contributed by atoms with E-state index in [1.165, 1.54) is 0 Å². The number of piperidine rings is 1. The van der Waals surface area contributed by atoms with Gasteiger partial charge < -0.3 is 15.2 Å². The smallest absolute Gasteiger partial charge is 0.258 e. The first-order chi connectivity index (χ1) is 12.1. The van der Waals surface area contributed by atoms with E-state index >= 15 is 0 Å². The number of amides is 1. The van der Waals surface area contributed by atoms with Crippen molar-refractivity contribution in [3.63, 3.8) is 0 Å². The minimum Gasteiger partial charge on any atom is -0.343 e. The minimum absolute atomic E-state index is 0.108. The van der Waals surface area contributed by atoms with Gasteiger partial charge in [0, 0.05) is 25.3 Å². The number of nitrogens with zero attached hydrogens (tertiary/aromatic N) is 2. The first-order valence-electron chi connectivity index (χ1n) is 8.67. The van der Waals surface area contributed by atoms with Gasteiger partial charge in [0.25, 0.3) is 5.56 Å². The van der Waals surface area contributed by atoms with E-state index in [0.717, 1.165) is 31.7 Å². The molecular weight excluding hydrogens is 336 g/mol. The van der Waals surface area contributed by atoms with Crippen LogP contribution in [0.25, 0.3) is 10.9 Å². The van der Waals surface area contributed by atoms with Gasteiger partial charge in [-0.15, -0.1) is 0 Å². The second kappa shape index (κ2) is 8.49. The Kier molecular flexibility index (Phi) is 6.09. The largest absolute Gasteiger partial charge is 0.343 e. The van der Waals surface area contributed by atoms with E-state index in [4.69, 9.17) is 0 Å². The van der Waals surface area contributed by atoms with E-state index in [-0.39, 0.29) is 11.5 Å². The van der Waals surface area contributed by atoms with Crippen molar-refractivity contribution in [2.24, 2.45) is 0 Å². The molecule has 1 aromatic heterocycles. The molecule has 3 rings (SSSR count). The van der Waals surface area contributed by atoms with Gasteiger partial charge in [0.15, 0.2) is 0 Å². The third kappa shape index (κ3) is 4.61. The summed E-state index contributed by atoms with van der Waals surface area (Å²) in [6, 6.07) is 7.68. The highest BCUT2D eigenvalue weighted by atomic mass is 32.2. The maximum Gasteiger partial charge on any atom is 0.258 e. The molecule has 1 aliphatic heterocycles. The minimum atomic E-state index is -0.108. The highest BCUT2D eigenvalue weighted by Crippen LogP contribution is 2.15. The monoisotopic (exact) mass is 360 g/mol. The fraction of sp³-hybridized carbons (Fsp3) is 0.500. The lowest BCUT2D eigenvalue weighted by Gasteiger charge is -2.31. The second-order valence-electron chi connectivity index (χ2n) is 6.32. The number of benzene rings is 1. The SMILES string of the molecule is CN(C(=O)CCSCc1nc2ccccc2c(=O)[nH]1)C1CCNCC1. The van der Waals surface area contributed by atoms with E-state index in [2.05, 4.69) is 15.3 Å². The number of hydrogen-bond acceptors (Lipinski definition) is 5. The molecule has 2 heterocycles. The van der Waals surface area contributed by atoms with Gasteiger partial charge in [-0.3, -0.25) is 9.59 Å². The van der Waals surface area contributed by atoms with Crippen LogP contribution in [0.3, 0.4) is 0 Å². The third-order valence-corrected chi connectivity index (χ3v) is 5.58. The van der Waals surface area contributed by atoms with Crippen LogP contribution in [0.15, 0.2) is 29.1 Å². The molecule has 0 unspecified atom stereocenters. The Bertz CT molecular complexity index is 786. The second-order valence-corrected chi connectivity index (χ2v) is 7.42. The third-order valence-electron chi connectivity index (χ3n) is 4.61. The van der Waals surface area contributed by atoms with E-state index < -0.39 is 0 Å². The molecule has 0 aliphatic carbocycles. The van der Waals surface area contributed by atoms with Crippen LogP contribution in [-0.2, 0) is 10.5 Å². The molecule has 1 aliphatic rings. The average Bonchev–Trinajstić information content (AvgIpc) is 2.65. The Morgan fingerprint density at radius 2 is 2.08 bits per heavy atom. The molecule has 6 nitrogen and oxygen atoms in total.